The van der Waals surface area contributed by atoms with Crippen LogP contribution < -0.4 is 10.5 Å². The molecule has 0 saturated carbocycles. The Morgan fingerprint density at radius 2 is 2.19 bits per heavy atom. The molecule has 2 N–H and O–H groups in total. The number of hydrogen-bond acceptors (Lipinski definition) is 5. The minimum atomic E-state index is -0.431. The van der Waals surface area contributed by atoms with Crippen molar-refractivity contribution in [2.24, 2.45) is 0 Å². The number of benzene rings is 1. The molecule has 0 radical (unpaired) electrons. The van der Waals surface area contributed by atoms with E-state index < -0.39 is 5.97 Å². The molecule has 5 nitrogen and oxygen atoms in total. The van der Waals surface area contributed by atoms with E-state index in [9.17, 15) is 4.79 Å². The maximum atomic E-state index is 11.2. The van der Waals surface area contributed by atoms with E-state index in [4.69, 9.17) is 15.7 Å². The van der Waals surface area contributed by atoms with Gasteiger partial charge in [-0.2, -0.15) is 5.26 Å². The molecule has 0 spiro atoms. The molecular weight excluding hydrogens is 208 g/mol. The average molecular weight is 220 g/mol. The van der Waals surface area contributed by atoms with Crippen LogP contribution in [0, 0.1) is 11.3 Å². The predicted molar refractivity (Wildman–Crippen MR) is 57.8 cm³/mol. The van der Waals surface area contributed by atoms with Gasteiger partial charge < -0.3 is 15.2 Å². The van der Waals surface area contributed by atoms with E-state index in [1.807, 2.05) is 6.07 Å². The molecule has 0 saturated heterocycles. The number of nitrogens with zero attached hydrogens (tertiary/aromatic N) is 1. The molecule has 5 heteroatoms. The van der Waals surface area contributed by atoms with E-state index in [1.54, 1.807) is 6.07 Å². The van der Waals surface area contributed by atoms with Crippen LogP contribution in [0.4, 0.5) is 5.69 Å². The minimum Gasteiger partial charge on any atom is -0.496 e. The fraction of sp³-hybridized carbons (Fsp3) is 0.273. The standard InChI is InChI=1S/C11H12N2O3/c1-15-10-4-8(13)3-7(6-12)9(10)5-11(14)16-2/h3-4H,5,13H2,1-2H3. The zero-order valence-corrected chi connectivity index (χ0v) is 9.11. The van der Waals surface area contributed by atoms with Gasteiger partial charge in [-0.15, -0.1) is 0 Å². The first-order valence-corrected chi connectivity index (χ1v) is 4.55. The van der Waals surface area contributed by atoms with Crippen molar-refractivity contribution in [3.63, 3.8) is 0 Å². The average Bonchev–Trinajstić information content (AvgIpc) is 2.30. The van der Waals surface area contributed by atoms with Gasteiger partial charge in [0.15, 0.2) is 0 Å². The molecule has 0 aliphatic heterocycles. The molecular formula is C11H12N2O3. The first-order chi connectivity index (χ1) is 7.62. The summed E-state index contributed by atoms with van der Waals surface area (Å²) < 4.78 is 9.62. The zero-order chi connectivity index (χ0) is 12.1. The topological polar surface area (TPSA) is 85.3 Å². The summed E-state index contributed by atoms with van der Waals surface area (Å²) in [7, 11) is 2.74. The fourth-order valence-corrected chi connectivity index (χ4v) is 1.35. The molecule has 0 aromatic heterocycles. The molecule has 0 bridgehead atoms. The van der Waals surface area contributed by atoms with E-state index >= 15 is 0 Å². The Morgan fingerprint density at radius 3 is 2.69 bits per heavy atom. The summed E-state index contributed by atoms with van der Waals surface area (Å²) in [4.78, 5) is 11.2. The van der Waals surface area contributed by atoms with E-state index in [2.05, 4.69) is 4.74 Å². The number of ether oxygens (including phenoxy) is 2. The largest absolute Gasteiger partial charge is 0.496 e. The third-order valence-corrected chi connectivity index (χ3v) is 2.12. The summed E-state index contributed by atoms with van der Waals surface area (Å²) in [5, 5.41) is 8.94. The molecule has 0 aliphatic rings. The second kappa shape index (κ2) is 5.03. The minimum absolute atomic E-state index is 0.0111. The number of nitriles is 1. The van der Waals surface area contributed by atoms with Gasteiger partial charge in [0, 0.05) is 17.3 Å². The third kappa shape index (κ3) is 2.42. The van der Waals surface area contributed by atoms with Gasteiger partial charge in [0.1, 0.15) is 5.75 Å². The van der Waals surface area contributed by atoms with Crippen molar-refractivity contribution in [1.29, 1.82) is 5.26 Å². The van der Waals surface area contributed by atoms with Gasteiger partial charge >= 0.3 is 5.97 Å². The van der Waals surface area contributed by atoms with E-state index in [0.717, 1.165) is 0 Å². The molecule has 1 aromatic rings. The van der Waals surface area contributed by atoms with Gasteiger partial charge in [-0.05, 0) is 6.07 Å². The van der Waals surface area contributed by atoms with Crippen molar-refractivity contribution in [1.82, 2.24) is 0 Å². The molecule has 16 heavy (non-hydrogen) atoms. The number of methoxy groups -OCH3 is 2. The summed E-state index contributed by atoms with van der Waals surface area (Å²) in [5.74, 6) is -0.0125. The van der Waals surface area contributed by atoms with Crippen molar-refractivity contribution in [3.8, 4) is 11.8 Å². The first kappa shape index (κ1) is 11.9. The van der Waals surface area contributed by atoms with Crippen molar-refractivity contribution in [3.05, 3.63) is 23.3 Å². The van der Waals surface area contributed by atoms with E-state index in [0.29, 0.717) is 22.6 Å². The molecule has 0 fully saturated rings. The van der Waals surface area contributed by atoms with Crippen LogP contribution >= 0.6 is 0 Å². The molecule has 0 unspecified atom stereocenters. The highest BCUT2D eigenvalue weighted by atomic mass is 16.5. The molecule has 1 rings (SSSR count). The van der Waals surface area contributed by atoms with Gasteiger partial charge in [-0.25, -0.2) is 0 Å². The first-order valence-electron chi connectivity index (χ1n) is 4.55. The van der Waals surface area contributed by atoms with Crippen LogP contribution in [-0.2, 0) is 16.0 Å². The van der Waals surface area contributed by atoms with E-state index in [1.165, 1.54) is 20.3 Å². The lowest BCUT2D eigenvalue weighted by molar-refractivity contribution is -0.139. The highest BCUT2D eigenvalue weighted by molar-refractivity contribution is 5.75. The Morgan fingerprint density at radius 1 is 1.50 bits per heavy atom. The van der Waals surface area contributed by atoms with Crippen LogP contribution in [0.2, 0.25) is 0 Å². The van der Waals surface area contributed by atoms with Gasteiger partial charge in [-0.1, -0.05) is 0 Å². The highest BCUT2D eigenvalue weighted by Gasteiger charge is 2.14. The van der Waals surface area contributed by atoms with Crippen molar-refractivity contribution < 1.29 is 14.3 Å². The Balaban J connectivity index is 3.23. The number of rotatable bonds is 3. The van der Waals surface area contributed by atoms with Crippen molar-refractivity contribution >= 4 is 11.7 Å². The molecule has 0 aliphatic carbocycles. The summed E-state index contributed by atoms with van der Waals surface area (Å²) in [5.41, 5.74) is 6.83. The van der Waals surface area contributed by atoms with Crippen LogP contribution in [0.5, 0.6) is 5.75 Å². The number of carbonyl (C=O) groups excluding carboxylic acids is 1. The maximum Gasteiger partial charge on any atom is 0.310 e. The Labute approximate surface area is 93.4 Å². The van der Waals surface area contributed by atoms with Crippen molar-refractivity contribution in [2.75, 3.05) is 20.0 Å². The predicted octanol–water partition coefficient (Wildman–Crippen LogP) is 0.865. The molecule has 0 heterocycles. The molecule has 0 atom stereocenters. The monoisotopic (exact) mass is 220 g/mol. The summed E-state index contributed by atoms with van der Waals surface area (Å²) in [6, 6.07) is 5.04. The van der Waals surface area contributed by atoms with Crippen LogP contribution in [0.25, 0.3) is 0 Å². The summed E-state index contributed by atoms with van der Waals surface area (Å²) >= 11 is 0. The summed E-state index contributed by atoms with van der Waals surface area (Å²) in [6.07, 6.45) is -0.0111. The highest BCUT2D eigenvalue weighted by Crippen LogP contribution is 2.26. The third-order valence-electron chi connectivity index (χ3n) is 2.12. The van der Waals surface area contributed by atoms with E-state index in [-0.39, 0.29) is 6.42 Å². The smallest absolute Gasteiger partial charge is 0.310 e. The number of carbonyl (C=O) groups is 1. The number of nitrogen functional groups attached to an aromatic ring is 1. The quantitative estimate of drug-likeness (QED) is 0.603. The van der Waals surface area contributed by atoms with Crippen molar-refractivity contribution in [2.45, 2.75) is 6.42 Å². The van der Waals surface area contributed by atoms with Gasteiger partial charge in [0.2, 0.25) is 0 Å². The van der Waals surface area contributed by atoms with Gasteiger partial charge in [0.05, 0.1) is 32.3 Å². The van der Waals surface area contributed by atoms with Crippen LogP contribution in [-0.4, -0.2) is 20.2 Å². The molecule has 1 aromatic carbocycles. The Bertz CT molecular complexity index is 449. The lowest BCUT2D eigenvalue weighted by Crippen LogP contribution is -2.08. The zero-order valence-electron chi connectivity index (χ0n) is 9.11. The lowest BCUT2D eigenvalue weighted by atomic mass is 10.0. The number of hydrogen-bond donors (Lipinski definition) is 1. The fourth-order valence-electron chi connectivity index (χ4n) is 1.35. The summed E-state index contributed by atoms with van der Waals surface area (Å²) in [6.45, 7) is 0. The maximum absolute atomic E-state index is 11.2. The normalized spacial score (nSPS) is 9.31. The second-order valence-electron chi connectivity index (χ2n) is 3.11. The molecule has 84 valence electrons. The van der Waals surface area contributed by atoms with Crippen LogP contribution in [0.15, 0.2) is 12.1 Å². The number of esters is 1. The Hall–Kier alpha value is -2.22. The van der Waals surface area contributed by atoms with Gasteiger partial charge in [0.25, 0.3) is 0 Å². The molecule has 0 amide bonds. The van der Waals surface area contributed by atoms with Crippen LogP contribution in [0.3, 0.4) is 0 Å². The number of nitrogens with two attached hydrogens (primary N) is 1. The van der Waals surface area contributed by atoms with Crippen LogP contribution in [0.1, 0.15) is 11.1 Å². The van der Waals surface area contributed by atoms with Gasteiger partial charge in [-0.3, -0.25) is 4.79 Å². The lowest BCUT2D eigenvalue weighted by Gasteiger charge is -2.10. The Kier molecular flexibility index (Phi) is 3.72. The number of anilines is 1. The SMILES string of the molecule is COC(=O)Cc1c(C#N)cc(N)cc1OC. The second-order valence-corrected chi connectivity index (χ2v) is 3.11.